The van der Waals surface area contributed by atoms with E-state index in [0.29, 0.717) is 49.2 Å². The van der Waals surface area contributed by atoms with Crippen molar-refractivity contribution < 1.29 is 27.7 Å². The summed E-state index contributed by atoms with van der Waals surface area (Å²) in [7, 11) is 0. The molecule has 0 spiro atoms. The van der Waals surface area contributed by atoms with E-state index in [-0.39, 0.29) is 16.1 Å². The van der Waals surface area contributed by atoms with Crippen LogP contribution in [0.1, 0.15) is 22.3 Å². The Morgan fingerprint density at radius 2 is 1.64 bits per heavy atom. The van der Waals surface area contributed by atoms with Gasteiger partial charge in [0.25, 0.3) is 6.43 Å². The van der Waals surface area contributed by atoms with Gasteiger partial charge < -0.3 is 5.11 Å². The molecule has 7 aromatic rings. The van der Waals surface area contributed by atoms with Crippen LogP contribution < -0.4 is 0 Å². The molecule has 0 saturated heterocycles. The van der Waals surface area contributed by atoms with Gasteiger partial charge in [0.05, 0.1) is 16.8 Å². The minimum atomic E-state index is -2.60. The molecule has 0 unspecified atom stereocenters. The fraction of sp³-hybridized carbons (Fsp3) is 0.0294. The smallest absolute Gasteiger partial charge is 0.335 e. The van der Waals surface area contributed by atoms with Crippen molar-refractivity contribution in [3.63, 3.8) is 0 Å². The normalized spacial score (nSPS) is 11.6. The molecule has 2 aromatic heterocycles. The first-order valence-corrected chi connectivity index (χ1v) is 14.7. The molecule has 0 aliphatic carbocycles. The van der Waals surface area contributed by atoms with E-state index in [1.54, 1.807) is 30.3 Å². The van der Waals surface area contributed by atoms with Gasteiger partial charge in [-0.1, -0.05) is 60.1 Å². The third-order valence-electron chi connectivity index (χ3n) is 7.43. The summed E-state index contributed by atoms with van der Waals surface area (Å²) in [5.41, 5.74) is 5.70. The number of carboxylic acids is 1. The van der Waals surface area contributed by atoms with Crippen LogP contribution in [0, 0.1) is 5.82 Å². The maximum absolute atomic E-state index is 14.9. The third-order valence-corrected chi connectivity index (χ3v) is 8.79. The van der Waals surface area contributed by atoms with Gasteiger partial charge in [-0.15, -0.1) is 0 Å². The molecular formula is C34H19ClF3N3O3S. The summed E-state index contributed by atoms with van der Waals surface area (Å²) in [6, 6.07) is 28.0. The molecule has 0 saturated carbocycles. The zero-order chi connectivity index (χ0) is 31.2. The first-order valence-electron chi connectivity index (χ1n) is 13.5. The van der Waals surface area contributed by atoms with E-state index in [4.69, 9.17) is 16.2 Å². The highest BCUT2D eigenvalue weighted by molar-refractivity contribution is 7.98. The number of hydrogen-bond acceptors (Lipinski definition) is 5. The zero-order valence-corrected chi connectivity index (χ0v) is 24.5. The summed E-state index contributed by atoms with van der Waals surface area (Å²) in [5.74, 6) is -1.53. The Morgan fingerprint density at radius 3 is 2.40 bits per heavy atom. The van der Waals surface area contributed by atoms with Crippen molar-refractivity contribution in [3.8, 4) is 33.5 Å². The molecule has 1 N–H and O–H groups in total. The molecule has 6 nitrogen and oxygen atoms in total. The van der Waals surface area contributed by atoms with Crippen molar-refractivity contribution in [2.45, 2.75) is 11.3 Å². The molecule has 0 fully saturated rings. The summed E-state index contributed by atoms with van der Waals surface area (Å²) in [6.07, 6.45) is -2.60. The van der Waals surface area contributed by atoms with Gasteiger partial charge in [0.2, 0.25) is 0 Å². The molecule has 222 valence electrons. The zero-order valence-electron chi connectivity index (χ0n) is 22.9. The standard InChI is InChI=1S/C34H19ClF3N3O3S/c35-27-16-21(34(42)43)9-13-24(27)19-3-1-4-20(15-19)32-30(25-5-2-6-28-31(25)40-44-39-28)26-17-22(36)10-14-29(26)41(32)45-23-11-7-18(8-12-23)33(37)38/h1-17,33H,(H,42,43). The molecule has 45 heavy (non-hydrogen) atoms. The average molecular weight is 642 g/mol. The van der Waals surface area contributed by atoms with Crippen molar-refractivity contribution in [1.82, 2.24) is 14.3 Å². The second kappa shape index (κ2) is 11.5. The van der Waals surface area contributed by atoms with Gasteiger partial charge in [0, 0.05) is 43.1 Å². The third kappa shape index (κ3) is 5.22. The SMILES string of the molecule is O=C(O)c1ccc(-c2cccc(-c3c(-c4cccc5nonc45)c4cc(F)ccc4n3Sc3ccc(C(F)F)cc3)c2)c(Cl)c1. The lowest BCUT2D eigenvalue weighted by molar-refractivity contribution is 0.0697. The predicted molar refractivity (Wildman–Crippen MR) is 168 cm³/mol. The number of alkyl halides is 2. The molecule has 0 aliphatic rings. The molecule has 0 atom stereocenters. The highest BCUT2D eigenvalue weighted by Crippen LogP contribution is 2.47. The highest BCUT2D eigenvalue weighted by atomic mass is 35.5. The number of rotatable bonds is 7. The van der Waals surface area contributed by atoms with Gasteiger partial charge in [-0.05, 0) is 82.4 Å². The van der Waals surface area contributed by atoms with Gasteiger partial charge in [-0.2, -0.15) is 0 Å². The monoisotopic (exact) mass is 641 g/mol. The number of carbonyl (C=O) groups is 1. The van der Waals surface area contributed by atoms with Crippen molar-refractivity contribution in [2.24, 2.45) is 0 Å². The van der Waals surface area contributed by atoms with Crippen molar-refractivity contribution in [2.75, 3.05) is 0 Å². The minimum absolute atomic E-state index is 0.0629. The van der Waals surface area contributed by atoms with E-state index >= 15 is 0 Å². The van der Waals surface area contributed by atoms with Gasteiger partial charge in [-0.3, -0.25) is 3.97 Å². The van der Waals surface area contributed by atoms with Crippen LogP contribution in [0.4, 0.5) is 13.2 Å². The lowest BCUT2D eigenvalue weighted by Crippen LogP contribution is -1.96. The van der Waals surface area contributed by atoms with Crippen LogP contribution in [-0.2, 0) is 0 Å². The Hall–Kier alpha value is -5.06. The van der Waals surface area contributed by atoms with Gasteiger partial charge in [-0.25, -0.2) is 22.6 Å². The Balaban J connectivity index is 1.51. The van der Waals surface area contributed by atoms with E-state index in [9.17, 15) is 23.1 Å². The van der Waals surface area contributed by atoms with Crippen LogP contribution in [0.2, 0.25) is 5.02 Å². The largest absolute Gasteiger partial charge is 0.478 e. The average Bonchev–Trinajstić information content (AvgIpc) is 3.64. The summed E-state index contributed by atoms with van der Waals surface area (Å²) >= 11 is 7.84. The van der Waals surface area contributed by atoms with E-state index in [2.05, 4.69) is 10.3 Å². The van der Waals surface area contributed by atoms with Crippen LogP contribution in [0.15, 0.2) is 113 Å². The molecule has 7 rings (SSSR count). The number of carboxylic acid groups (broad SMARTS) is 1. The highest BCUT2D eigenvalue weighted by Gasteiger charge is 2.25. The topological polar surface area (TPSA) is 81.2 Å². The number of halogens is 4. The minimum Gasteiger partial charge on any atom is -0.478 e. The number of benzene rings is 5. The lowest BCUT2D eigenvalue weighted by atomic mass is 9.95. The first-order chi connectivity index (χ1) is 21.8. The molecule has 0 radical (unpaired) electrons. The van der Waals surface area contributed by atoms with Crippen molar-refractivity contribution in [3.05, 3.63) is 125 Å². The Labute approximate surface area is 262 Å². The van der Waals surface area contributed by atoms with E-state index in [1.807, 2.05) is 40.4 Å². The predicted octanol–water partition coefficient (Wildman–Crippen LogP) is 10.2. The number of nitrogens with zero attached hydrogens (tertiary/aromatic N) is 3. The summed E-state index contributed by atoms with van der Waals surface area (Å²) in [6.45, 7) is 0. The second-order valence-corrected chi connectivity index (χ2v) is 11.6. The van der Waals surface area contributed by atoms with Gasteiger partial charge >= 0.3 is 5.97 Å². The van der Waals surface area contributed by atoms with Crippen LogP contribution in [0.3, 0.4) is 0 Å². The fourth-order valence-electron chi connectivity index (χ4n) is 5.37. The Bertz CT molecular complexity index is 2250. The summed E-state index contributed by atoms with van der Waals surface area (Å²) in [5, 5.41) is 18.4. The van der Waals surface area contributed by atoms with E-state index < -0.39 is 18.2 Å². The molecule has 11 heteroatoms. The summed E-state index contributed by atoms with van der Waals surface area (Å²) < 4.78 is 48.5. The van der Waals surface area contributed by atoms with Crippen LogP contribution >= 0.6 is 23.5 Å². The maximum atomic E-state index is 14.9. The Kier molecular flexibility index (Phi) is 7.31. The molecule has 0 bridgehead atoms. The molecule has 0 amide bonds. The summed E-state index contributed by atoms with van der Waals surface area (Å²) in [4.78, 5) is 12.2. The maximum Gasteiger partial charge on any atom is 0.335 e. The van der Waals surface area contributed by atoms with Crippen molar-refractivity contribution >= 4 is 51.5 Å². The number of fused-ring (bicyclic) bond motifs is 2. The lowest BCUT2D eigenvalue weighted by Gasteiger charge is -2.14. The molecular weight excluding hydrogens is 623 g/mol. The van der Waals surface area contributed by atoms with Crippen LogP contribution in [-0.4, -0.2) is 25.4 Å². The molecule has 5 aromatic carbocycles. The number of aromatic carboxylic acids is 1. The fourth-order valence-corrected chi connectivity index (χ4v) is 6.67. The second-order valence-electron chi connectivity index (χ2n) is 10.2. The van der Waals surface area contributed by atoms with E-state index in [0.717, 1.165) is 11.1 Å². The van der Waals surface area contributed by atoms with Gasteiger partial charge in [0.1, 0.15) is 16.9 Å². The quantitative estimate of drug-likeness (QED) is 0.186. The van der Waals surface area contributed by atoms with E-state index in [1.165, 1.54) is 48.3 Å². The van der Waals surface area contributed by atoms with Crippen LogP contribution in [0.25, 0.3) is 55.4 Å². The van der Waals surface area contributed by atoms with Gasteiger partial charge in [0.15, 0.2) is 0 Å². The molecule has 2 heterocycles. The first kappa shape index (κ1) is 28.7. The van der Waals surface area contributed by atoms with Crippen LogP contribution in [0.5, 0.6) is 0 Å². The molecule has 0 aliphatic heterocycles. The van der Waals surface area contributed by atoms with Crippen molar-refractivity contribution in [1.29, 1.82) is 0 Å². The Morgan fingerprint density at radius 1 is 0.867 bits per heavy atom. The number of hydrogen-bond donors (Lipinski definition) is 1. The number of aromatic nitrogens is 3.